The Morgan fingerprint density at radius 2 is 1.57 bits per heavy atom. The van der Waals surface area contributed by atoms with Crippen LogP contribution in [0, 0.1) is 0 Å². The molecule has 0 aliphatic heterocycles. The quantitative estimate of drug-likeness (QED) is 0.319. The molecule has 0 spiro atoms. The lowest BCUT2D eigenvalue weighted by Gasteiger charge is -1.63. The third-order valence-electron chi connectivity index (χ3n) is 0.0430. The second kappa shape index (κ2) is 52.1. The summed E-state index contributed by atoms with van der Waals surface area (Å²) in [7, 11) is 0. The first-order valence-electron chi connectivity index (χ1n) is 0.654. The van der Waals surface area contributed by atoms with Crippen LogP contribution in [-0.4, -0.2) is 11.7 Å². The van der Waals surface area contributed by atoms with Gasteiger partial charge in [0.05, 0.1) is 0 Å². The minimum atomic E-state index is -0.0694. The number of hydrogen-bond donors (Lipinski definition) is 1. The molecule has 3 heteroatoms. The molecular weight excluding hydrogens is 96.0 g/mol. The SMILES string of the molecule is C.C.C.O=COO.[HH]. The molecule has 0 saturated carbocycles. The smallest absolute Gasteiger partial charge is 0.304 e. The first-order chi connectivity index (χ1) is 1.91. The van der Waals surface area contributed by atoms with Crippen LogP contribution in [0.4, 0.5) is 0 Å². The van der Waals surface area contributed by atoms with Gasteiger partial charge >= 0.3 is 6.47 Å². The number of carbonyl (C=O) groups is 1. The van der Waals surface area contributed by atoms with Gasteiger partial charge < -0.3 is 4.89 Å². The van der Waals surface area contributed by atoms with Crippen LogP contribution in [0.2, 0.25) is 0 Å². The van der Waals surface area contributed by atoms with Crippen molar-refractivity contribution >= 4 is 6.47 Å². The average molecular weight is 112 g/mol. The van der Waals surface area contributed by atoms with Gasteiger partial charge in [-0.2, -0.15) is 0 Å². The summed E-state index contributed by atoms with van der Waals surface area (Å²) in [5, 5.41) is 7.01. The molecule has 3 nitrogen and oxygen atoms in total. The highest BCUT2D eigenvalue weighted by atomic mass is 17.1. The standard InChI is InChI=1S/CH2O3.3CH4.H2/c2-1-4-3;;;;/h1,3H;3*1H4;1H. The maximum atomic E-state index is 8.70. The summed E-state index contributed by atoms with van der Waals surface area (Å²) < 4.78 is 0. The summed E-state index contributed by atoms with van der Waals surface area (Å²) in [5.74, 6) is 0. The highest BCUT2D eigenvalue weighted by molar-refractivity contribution is 5.35. The molecule has 0 aromatic carbocycles. The number of hydrogen-bond acceptors (Lipinski definition) is 3. The topological polar surface area (TPSA) is 46.5 Å². The molecule has 0 aliphatic carbocycles. The zero-order valence-corrected chi connectivity index (χ0v) is 1.84. The molecule has 0 fully saturated rings. The number of carbonyl (C=O) groups excluding carboxylic acids is 1. The van der Waals surface area contributed by atoms with Gasteiger partial charge in [0.1, 0.15) is 0 Å². The average Bonchev–Trinajstić information content (AvgIpc) is 1.37. The van der Waals surface area contributed by atoms with E-state index in [1.165, 1.54) is 0 Å². The molecule has 50 valence electrons. The summed E-state index contributed by atoms with van der Waals surface area (Å²) >= 11 is 0. The predicted octanol–water partition coefficient (Wildman–Crippen LogP) is 1.79. The summed E-state index contributed by atoms with van der Waals surface area (Å²) in [4.78, 5) is 11.6. The normalized spacial score (nSPS) is 3.00. The summed E-state index contributed by atoms with van der Waals surface area (Å²) in [6.45, 7) is -0.0694. The largest absolute Gasteiger partial charge is 0.330 e. The van der Waals surface area contributed by atoms with E-state index in [0.29, 0.717) is 0 Å². The fraction of sp³-hybridized carbons (Fsp3) is 0.750. The van der Waals surface area contributed by atoms with Gasteiger partial charge in [0.25, 0.3) is 0 Å². The van der Waals surface area contributed by atoms with Crippen molar-refractivity contribution in [3.8, 4) is 0 Å². The van der Waals surface area contributed by atoms with Crippen molar-refractivity contribution in [3.63, 3.8) is 0 Å². The van der Waals surface area contributed by atoms with Crippen molar-refractivity contribution in [1.82, 2.24) is 0 Å². The molecule has 0 amide bonds. The Hall–Kier alpha value is -0.570. The molecular formula is C4H16O3. The zero-order chi connectivity index (χ0) is 3.41. The highest BCUT2D eigenvalue weighted by Crippen LogP contribution is 1.33. The zero-order valence-electron chi connectivity index (χ0n) is 1.84. The molecule has 0 bridgehead atoms. The molecule has 1 N–H and O–H groups in total. The first kappa shape index (κ1) is 32.1. The molecule has 7 heavy (non-hydrogen) atoms. The van der Waals surface area contributed by atoms with Crippen molar-refractivity contribution in [2.45, 2.75) is 22.3 Å². The van der Waals surface area contributed by atoms with Gasteiger partial charge in [-0.25, -0.2) is 5.26 Å². The second-order valence-corrected chi connectivity index (χ2v) is 0.202. The van der Waals surface area contributed by atoms with Crippen LogP contribution in [-0.2, 0) is 9.68 Å². The fourth-order valence-electron chi connectivity index (χ4n) is 0. The Balaban J connectivity index is -0.00000000750. The molecule has 0 aromatic rings. The molecule has 0 radical (unpaired) electrons. The predicted molar refractivity (Wildman–Crippen MR) is 32.1 cm³/mol. The van der Waals surface area contributed by atoms with Crippen molar-refractivity contribution in [2.24, 2.45) is 0 Å². The van der Waals surface area contributed by atoms with E-state index in [2.05, 4.69) is 4.89 Å². The van der Waals surface area contributed by atoms with Crippen molar-refractivity contribution < 1.29 is 16.4 Å². The van der Waals surface area contributed by atoms with Crippen LogP contribution >= 0.6 is 0 Å². The van der Waals surface area contributed by atoms with Crippen LogP contribution in [0.25, 0.3) is 0 Å². The Morgan fingerprint density at radius 3 is 1.57 bits per heavy atom. The second-order valence-electron chi connectivity index (χ2n) is 0.202. The molecule has 0 aromatic heterocycles. The van der Waals surface area contributed by atoms with Crippen molar-refractivity contribution in [1.29, 1.82) is 0 Å². The Morgan fingerprint density at radius 1 is 1.43 bits per heavy atom. The summed E-state index contributed by atoms with van der Waals surface area (Å²) in [5.41, 5.74) is 0. The summed E-state index contributed by atoms with van der Waals surface area (Å²) in [6, 6.07) is 0. The van der Waals surface area contributed by atoms with Gasteiger partial charge in [0.2, 0.25) is 0 Å². The Bertz CT molecular complexity index is 25.2. The maximum Gasteiger partial charge on any atom is 0.330 e. The van der Waals surface area contributed by atoms with E-state index < -0.39 is 0 Å². The third kappa shape index (κ3) is 346. The first-order valence-corrected chi connectivity index (χ1v) is 0.654. The van der Waals surface area contributed by atoms with Gasteiger partial charge in [0, 0.05) is 1.43 Å². The van der Waals surface area contributed by atoms with Crippen LogP contribution < -0.4 is 0 Å². The Kier molecular flexibility index (Phi) is 239. The van der Waals surface area contributed by atoms with E-state index in [0.717, 1.165) is 0 Å². The monoisotopic (exact) mass is 112 g/mol. The molecule has 0 heterocycles. The minimum absolute atomic E-state index is 0. The van der Waals surface area contributed by atoms with Crippen LogP contribution in [0.5, 0.6) is 0 Å². The van der Waals surface area contributed by atoms with Crippen LogP contribution in [0.1, 0.15) is 23.7 Å². The lowest BCUT2D eigenvalue weighted by Crippen LogP contribution is -1.69. The van der Waals surface area contributed by atoms with Gasteiger partial charge in [-0.15, -0.1) is 0 Å². The molecule has 0 unspecified atom stereocenters. The van der Waals surface area contributed by atoms with E-state index >= 15 is 0 Å². The van der Waals surface area contributed by atoms with E-state index in [1.807, 2.05) is 0 Å². The Labute approximate surface area is 46.3 Å². The van der Waals surface area contributed by atoms with E-state index in [9.17, 15) is 0 Å². The molecule has 0 atom stereocenters. The van der Waals surface area contributed by atoms with E-state index in [4.69, 9.17) is 10.1 Å². The third-order valence-corrected chi connectivity index (χ3v) is 0.0430. The van der Waals surface area contributed by atoms with E-state index in [1.54, 1.807) is 0 Å². The maximum absolute atomic E-state index is 8.70. The van der Waals surface area contributed by atoms with Crippen molar-refractivity contribution in [2.75, 3.05) is 0 Å². The summed E-state index contributed by atoms with van der Waals surface area (Å²) in [6.07, 6.45) is 0. The van der Waals surface area contributed by atoms with Gasteiger partial charge in [0.15, 0.2) is 0 Å². The fourth-order valence-corrected chi connectivity index (χ4v) is 0. The van der Waals surface area contributed by atoms with Crippen molar-refractivity contribution in [3.05, 3.63) is 0 Å². The van der Waals surface area contributed by atoms with Gasteiger partial charge in [-0.3, -0.25) is 4.79 Å². The van der Waals surface area contributed by atoms with Gasteiger partial charge in [-0.1, -0.05) is 22.3 Å². The molecule has 0 saturated heterocycles. The van der Waals surface area contributed by atoms with E-state index in [-0.39, 0.29) is 30.2 Å². The number of rotatable bonds is 1. The minimum Gasteiger partial charge on any atom is -0.304 e. The van der Waals surface area contributed by atoms with Crippen LogP contribution in [0.3, 0.4) is 0 Å². The van der Waals surface area contributed by atoms with Crippen LogP contribution in [0.15, 0.2) is 0 Å². The highest BCUT2D eigenvalue weighted by Gasteiger charge is 1.47. The lowest BCUT2D eigenvalue weighted by atomic mass is 11.7. The molecule has 0 rings (SSSR count). The van der Waals surface area contributed by atoms with Gasteiger partial charge in [-0.05, 0) is 0 Å². The molecule has 0 aliphatic rings. The lowest BCUT2D eigenvalue weighted by molar-refractivity contribution is -0.217.